The topological polar surface area (TPSA) is 15.3 Å². The van der Waals surface area contributed by atoms with Gasteiger partial charge in [0.1, 0.15) is 0 Å². The van der Waals surface area contributed by atoms with Crippen LogP contribution in [0, 0.1) is 18.3 Å². The van der Waals surface area contributed by atoms with Gasteiger partial charge >= 0.3 is 0 Å². The number of rotatable bonds is 6. The summed E-state index contributed by atoms with van der Waals surface area (Å²) in [7, 11) is 0. The predicted octanol–water partition coefficient (Wildman–Crippen LogP) is 7.33. The minimum Gasteiger partial charge on any atom is -0.254 e. The van der Waals surface area contributed by atoms with Crippen LogP contribution in [0.1, 0.15) is 68.2 Å². The SMILES string of the molecule is C=Cc1ccc(C2=CCC3CN(NCC4(c5ccc(C)cc5)CCCC4)CC=C3C2(C)C)cc1. The molecule has 5 rings (SSSR count). The van der Waals surface area contributed by atoms with Crippen molar-refractivity contribution in [3.8, 4) is 0 Å². The van der Waals surface area contributed by atoms with E-state index in [1.807, 2.05) is 6.08 Å². The predicted molar refractivity (Wildman–Crippen MR) is 145 cm³/mol. The van der Waals surface area contributed by atoms with Gasteiger partial charge in [0.15, 0.2) is 0 Å². The molecular weight excluding hydrogens is 412 g/mol. The van der Waals surface area contributed by atoms with E-state index >= 15 is 0 Å². The fourth-order valence-corrected chi connectivity index (χ4v) is 6.65. The number of allylic oxidation sites excluding steroid dienone is 2. The first-order chi connectivity index (χ1) is 16.4. The zero-order chi connectivity index (χ0) is 23.8. The van der Waals surface area contributed by atoms with Crippen molar-refractivity contribution in [2.75, 3.05) is 19.6 Å². The van der Waals surface area contributed by atoms with Crippen LogP contribution in [0.5, 0.6) is 0 Å². The molecule has 2 aromatic carbocycles. The fourth-order valence-electron chi connectivity index (χ4n) is 6.65. The monoisotopic (exact) mass is 452 g/mol. The van der Waals surface area contributed by atoms with Gasteiger partial charge in [-0.2, -0.15) is 0 Å². The third-order valence-electron chi connectivity index (χ3n) is 8.74. The molecule has 34 heavy (non-hydrogen) atoms. The Kier molecular flexibility index (Phi) is 6.39. The highest BCUT2D eigenvalue weighted by molar-refractivity contribution is 5.75. The van der Waals surface area contributed by atoms with E-state index in [9.17, 15) is 0 Å². The van der Waals surface area contributed by atoms with Gasteiger partial charge in [-0.05, 0) is 54.4 Å². The Balaban J connectivity index is 1.29. The summed E-state index contributed by atoms with van der Waals surface area (Å²) in [6, 6.07) is 18.2. The number of fused-ring (bicyclic) bond motifs is 1. The number of aryl methyl sites for hydroxylation is 1. The Morgan fingerprint density at radius 3 is 2.38 bits per heavy atom. The Morgan fingerprint density at radius 1 is 1.00 bits per heavy atom. The molecule has 2 nitrogen and oxygen atoms in total. The maximum atomic E-state index is 3.89. The molecule has 0 saturated heterocycles. The molecule has 1 saturated carbocycles. The highest BCUT2D eigenvalue weighted by Crippen LogP contribution is 2.50. The molecule has 0 radical (unpaired) electrons. The lowest BCUT2D eigenvalue weighted by atomic mass is 9.64. The quantitative estimate of drug-likeness (QED) is 0.462. The van der Waals surface area contributed by atoms with Crippen LogP contribution in [0.15, 0.2) is 72.8 Å². The molecule has 1 heterocycles. The van der Waals surface area contributed by atoms with E-state index in [0.717, 1.165) is 26.1 Å². The Bertz CT molecular complexity index is 1080. The fraction of sp³-hybridized carbons (Fsp3) is 0.438. The van der Waals surface area contributed by atoms with Crippen molar-refractivity contribution in [3.05, 3.63) is 95.1 Å². The van der Waals surface area contributed by atoms with Crippen LogP contribution in [-0.2, 0) is 5.41 Å². The molecule has 1 fully saturated rings. The molecule has 0 amide bonds. The second kappa shape index (κ2) is 9.32. The van der Waals surface area contributed by atoms with Gasteiger partial charge in [-0.15, -0.1) is 0 Å². The average Bonchev–Trinajstić information content (AvgIpc) is 3.33. The third kappa shape index (κ3) is 4.34. The summed E-state index contributed by atoms with van der Waals surface area (Å²) >= 11 is 0. The summed E-state index contributed by atoms with van der Waals surface area (Å²) in [5.41, 5.74) is 12.7. The van der Waals surface area contributed by atoms with Gasteiger partial charge in [-0.1, -0.05) is 111 Å². The number of hydrazine groups is 1. The molecule has 3 aliphatic rings. The molecule has 178 valence electrons. The van der Waals surface area contributed by atoms with Gasteiger partial charge in [-0.3, -0.25) is 5.43 Å². The maximum absolute atomic E-state index is 3.89. The number of hydrogen-bond acceptors (Lipinski definition) is 2. The molecule has 0 bridgehead atoms. The second-order valence-corrected chi connectivity index (χ2v) is 11.3. The largest absolute Gasteiger partial charge is 0.254 e. The first-order valence-corrected chi connectivity index (χ1v) is 13.1. The molecule has 2 aromatic rings. The Hall–Kier alpha value is -2.42. The van der Waals surface area contributed by atoms with Crippen molar-refractivity contribution in [2.45, 2.75) is 58.3 Å². The minimum atomic E-state index is 0.0687. The number of nitrogens with zero attached hydrogens (tertiary/aromatic N) is 1. The summed E-state index contributed by atoms with van der Waals surface area (Å²) in [6.07, 6.45) is 13.3. The Labute approximate surface area is 206 Å². The lowest BCUT2D eigenvalue weighted by Crippen LogP contribution is -2.50. The van der Waals surface area contributed by atoms with E-state index < -0.39 is 0 Å². The van der Waals surface area contributed by atoms with E-state index in [1.165, 1.54) is 53.5 Å². The lowest BCUT2D eigenvalue weighted by Gasteiger charge is -2.45. The van der Waals surface area contributed by atoms with E-state index in [1.54, 1.807) is 5.57 Å². The molecule has 1 aliphatic heterocycles. The summed E-state index contributed by atoms with van der Waals surface area (Å²) in [5, 5.41) is 2.48. The summed E-state index contributed by atoms with van der Waals surface area (Å²) in [5.74, 6) is 0.589. The van der Waals surface area contributed by atoms with Crippen molar-refractivity contribution < 1.29 is 0 Å². The van der Waals surface area contributed by atoms with E-state index in [-0.39, 0.29) is 10.8 Å². The second-order valence-electron chi connectivity index (χ2n) is 11.3. The van der Waals surface area contributed by atoms with Gasteiger partial charge in [-0.25, -0.2) is 5.01 Å². The molecule has 2 heteroatoms. The van der Waals surface area contributed by atoms with Crippen LogP contribution in [-0.4, -0.2) is 24.6 Å². The number of benzene rings is 2. The number of nitrogens with one attached hydrogen (secondary N) is 1. The van der Waals surface area contributed by atoms with Crippen LogP contribution < -0.4 is 5.43 Å². The van der Waals surface area contributed by atoms with Crippen LogP contribution in [0.25, 0.3) is 11.6 Å². The molecular formula is C32H40N2. The van der Waals surface area contributed by atoms with Gasteiger partial charge in [0.2, 0.25) is 0 Å². The van der Waals surface area contributed by atoms with Crippen LogP contribution in [0.4, 0.5) is 0 Å². The van der Waals surface area contributed by atoms with Crippen LogP contribution >= 0.6 is 0 Å². The Morgan fingerprint density at radius 2 is 1.71 bits per heavy atom. The molecule has 0 spiro atoms. The standard InChI is InChI=1S/C32H40N2/c1-5-25-10-12-26(13-11-25)29-17-14-27-22-34(21-18-30(27)31(29,3)4)33-23-32(19-6-7-20-32)28-15-8-24(2)9-16-28/h5,8-13,15-18,27,33H,1,6-7,14,19-23H2,2-4H3. The maximum Gasteiger partial charge on any atom is 0.0315 e. The zero-order valence-electron chi connectivity index (χ0n) is 21.2. The van der Waals surface area contributed by atoms with Crippen molar-refractivity contribution >= 4 is 11.6 Å². The van der Waals surface area contributed by atoms with Crippen molar-refractivity contribution in [1.82, 2.24) is 10.4 Å². The molecule has 0 aromatic heterocycles. The van der Waals surface area contributed by atoms with Gasteiger partial charge in [0, 0.05) is 30.5 Å². The first-order valence-electron chi connectivity index (χ1n) is 13.1. The summed E-state index contributed by atoms with van der Waals surface area (Å²) in [6.45, 7) is 14.0. The van der Waals surface area contributed by atoms with E-state index in [4.69, 9.17) is 0 Å². The van der Waals surface area contributed by atoms with Gasteiger partial charge < -0.3 is 0 Å². The van der Waals surface area contributed by atoms with E-state index in [2.05, 4.69) is 98.5 Å². The van der Waals surface area contributed by atoms with Crippen molar-refractivity contribution in [2.24, 2.45) is 11.3 Å². The van der Waals surface area contributed by atoms with Crippen LogP contribution in [0.2, 0.25) is 0 Å². The first kappa shape index (κ1) is 23.3. The number of hydrogen-bond donors (Lipinski definition) is 1. The average molecular weight is 453 g/mol. The molecule has 1 unspecified atom stereocenters. The zero-order valence-corrected chi connectivity index (χ0v) is 21.2. The molecule has 1 N–H and O–H groups in total. The third-order valence-corrected chi connectivity index (χ3v) is 8.74. The normalized spacial score (nSPS) is 23.7. The van der Waals surface area contributed by atoms with Crippen LogP contribution in [0.3, 0.4) is 0 Å². The highest BCUT2D eigenvalue weighted by Gasteiger charge is 2.40. The lowest BCUT2D eigenvalue weighted by molar-refractivity contribution is 0.145. The van der Waals surface area contributed by atoms with Crippen molar-refractivity contribution in [1.29, 1.82) is 0 Å². The summed E-state index contributed by atoms with van der Waals surface area (Å²) < 4.78 is 0. The van der Waals surface area contributed by atoms with Gasteiger partial charge in [0.25, 0.3) is 0 Å². The highest BCUT2D eigenvalue weighted by atomic mass is 15.5. The molecule has 1 atom stereocenters. The van der Waals surface area contributed by atoms with Crippen molar-refractivity contribution in [3.63, 3.8) is 0 Å². The molecule has 2 aliphatic carbocycles. The smallest absolute Gasteiger partial charge is 0.0315 e. The van der Waals surface area contributed by atoms with Gasteiger partial charge in [0.05, 0.1) is 0 Å². The summed E-state index contributed by atoms with van der Waals surface area (Å²) in [4.78, 5) is 0. The minimum absolute atomic E-state index is 0.0687. The van der Waals surface area contributed by atoms with E-state index in [0.29, 0.717) is 5.92 Å².